The van der Waals surface area contributed by atoms with Crippen molar-refractivity contribution < 1.29 is 0 Å². The molecule has 1 rings (SSSR count). The van der Waals surface area contributed by atoms with Gasteiger partial charge in [-0.1, -0.05) is 28.3 Å². The third-order valence-electron chi connectivity index (χ3n) is 1.13. The van der Waals surface area contributed by atoms with Crippen molar-refractivity contribution in [3.8, 4) is 0 Å². The van der Waals surface area contributed by atoms with Crippen molar-refractivity contribution in [2.75, 3.05) is 0 Å². The van der Waals surface area contributed by atoms with Crippen LogP contribution in [0, 0.1) is 3.57 Å². The van der Waals surface area contributed by atoms with Crippen LogP contribution in [-0.2, 0) is 0 Å². The molecule has 0 saturated carbocycles. The quantitative estimate of drug-likeness (QED) is 0.316. The Balaban J connectivity index is 3.37. The first kappa shape index (κ1) is 9.92. The van der Waals surface area contributed by atoms with Crippen LogP contribution in [-0.4, -0.2) is 0 Å². The minimum absolute atomic E-state index is 0.279. The van der Waals surface area contributed by atoms with Crippen LogP contribution >= 0.6 is 45.8 Å². The Kier molecular flexibility index (Phi) is 3.46. The first-order chi connectivity index (χ1) is 5.65. The van der Waals surface area contributed by atoms with E-state index in [4.69, 9.17) is 28.7 Å². The number of halogens is 3. The number of rotatable bonds is 1. The molecule has 0 heterocycles. The predicted octanol–water partition coefficient (Wildman–Crippen LogP) is 4.54. The lowest BCUT2D eigenvalue weighted by atomic mass is 10.3. The van der Waals surface area contributed by atoms with E-state index in [0.29, 0.717) is 10.0 Å². The van der Waals surface area contributed by atoms with Gasteiger partial charge >= 0.3 is 0 Å². The molecule has 0 N–H and O–H groups in total. The maximum Gasteiger partial charge on any atom is 0.0748 e. The SMILES string of the molecule is [N-]=[N+]=Nc1c(Cl)cc(I)cc1Cl. The molecule has 62 valence electrons. The van der Waals surface area contributed by atoms with Gasteiger partial charge in [-0.05, 0) is 40.3 Å². The standard InChI is InChI=1S/C6H2Cl2IN3/c7-4-1-3(9)2-5(8)6(4)11-12-10/h1-2H. The molecular formula is C6H2Cl2IN3. The van der Waals surface area contributed by atoms with E-state index in [2.05, 4.69) is 32.6 Å². The lowest BCUT2D eigenvalue weighted by Crippen LogP contribution is -1.74. The molecule has 0 saturated heterocycles. The summed E-state index contributed by atoms with van der Waals surface area (Å²) in [5.41, 5.74) is 8.46. The zero-order valence-electron chi connectivity index (χ0n) is 5.63. The van der Waals surface area contributed by atoms with Crippen LogP contribution in [0.1, 0.15) is 0 Å². The van der Waals surface area contributed by atoms with Gasteiger partial charge in [0.25, 0.3) is 0 Å². The Morgan fingerprint density at radius 1 is 1.33 bits per heavy atom. The molecule has 0 amide bonds. The van der Waals surface area contributed by atoms with E-state index in [1.165, 1.54) is 0 Å². The van der Waals surface area contributed by atoms with Gasteiger partial charge in [-0.15, -0.1) is 0 Å². The lowest BCUT2D eigenvalue weighted by Gasteiger charge is -2.00. The smallest absolute Gasteiger partial charge is 0.0748 e. The molecule has 12 heavy (non-hydrogen) atoms. The third kappa shape index (κ3) is 2.17. The summed E-state index contributed by atoms with van der Waals surface area (Å²) in [6, 6.07) is 3.36. The summed E-state index contributed by atoms with van der Waals surface area (Å²) in [4.78, 5) is 2.61. The summed E-state index contributed by atoms with van der Waals surface area (Å²) >= 11 is 13.6. The topological polar surface area (TPSA) is 48.8 Å². The highest BCUT2D eigenvalue weighted by atomic mass is 127. The van der Waals surface area contributed by atoms with Gasteiger partial charge in [0.15, 0.2) is 0 Å². The summed E-state index contributed by atoms with van der Waals surface area (Å²) < 4.78 is 0.902. The second-order valence-electron chi connectivity index (χ2n) is 1.91. The van der Waals surface area contributed by atoms with Crippen molar-refractivity contribution in [3.05, 3.63) is 36.2 Å². The van der Waals surface area contributed by atoms with Crippen molar-refractivity contribution in [2.24, 2.45) is 5.11 Å². The summed E-state index contributed by atoms with van der Waals surface area (Å²) in [6.07, 6.45) is 0. The van der Waals surface area contributed by atoms with Gasteiger partial charge in [-0.2, -0.15) is 0 Å². The van der Waals surface area contributed by atoms with Gasteiger partial charge < -0.3 is 0 Å². The van der Waals surface area contributed by atoms with Crippen LogP contribution in [0.3, 0.4) is 0 Å². The molecule has 0 aromatic heterocycles. The Morgan fingerprint density at radius 3 is 2.25 bits per heavy atom. The summed E-state index contributed by atoms with van der Waals surface area (Å²) in [6.45, 7) is 0. The molecule has 0 unspecified atom stereocenters. The second-order valence-corrected chi connectivity index (χ2v) is 3.97. The zero-order valence-corrected chi connectivity index (χ0v) is 9.30. The number of hydrogen-bond donors (Lipinski definition) is 0. The Morgan fingerprint density at radius 2 is 1.83 bits per heavy atom. The molecule has 0 spiro atoms. The van der Waals surface area contributed by atoms with Gasteiger partial charge in [-0.25, -0.2) is 0 Å². The van der Waals surface area contributed by atoms with Crippen LogP contribution in [0.25, 0.3) is 10.4 Å². The molecule has 6 heteroatoms. The zero-order chi connectivity index (χ0) is 9.14. The summed E-state index contributed by atoms with van der Waals surface area (Å²) in [7, 11) is 0. The van der Waals surface area contributed by atoms with E-state index in [-0.39, 0.29) is 5.69 Å². The molecule has 1 aromatic rings. The average molecular weight is 314 g/mol. The predicted molar refractivity (Wildman–Crippen MR) is 58.0 cm³/mol. The van der Waals surface area contributed by atoms with Crippen molar-refractivity contribution in [1.82, 2.24) is 0 Å². The van der Waals surface area contributed by atoms with Crippen molar-refractivity contribution in [3.63, 3.8) is 0 Å². The highest BCUT2D eigenvalue weighted by Gasteiger charge is 2.04. The monoisotopic (exact) mass is 313 g/mol. The van der Waals surface area contributed by atoms with Gasteiger partial charge in [0.2, 0.25) is 0 Å². The van der Waals surface area contributed by atoms with Gasteiger partial charge in [0.1, 0.15) is 0 Å². The first-order valence-electron chi connectivity index (χ1n) is 2.85. The molecule has 0 aliphatic rings. The van der Waals surface area contributed by atoms with Crippen LogP contribution < -0.4 is 0 Å². The molecule has 0 radical (unpaired) electrons. The fraction of sp³-hybridized carbons (Fsp3) is 0. The van der Waals surface area contributed by atoms with E-state index in [1.807, 2.05) is 0 Å². The van der Waals surface area contributed by atoms with Gasteiger partial charge in [-0.3, -0.25) is 0 Å². The van der Waals surface area contributed by atoms with Gasteiger partial charge in [0.05, 0.1) is 15.7 Å². The van der Waals surface area contributed by atoms with Crippen LogP contribution in [0.4, 0.5) is 5.69 Å². The average Bonchev–Trinajstić information content (AvgIpc) is 1.96. The Labute approximate surface area is 92.4 Å². The van der Waals surface area contributed by atoms with E-state index in [9.17, 15) is 0 Å². The summed E-state index contributed by atoms with van der Waals surface area (Å²) in [5.74, 6) is 0. The number of nitrogens with zero attached hydrogens (tertiary/aromatic N) is 3. The van der Waals surface area contributed by atoms with Crippen molar-refractivity contribution in [1.29, 1.82) is 0 Å². The first-order valence-corrected chi connectivity index (χ1v) is 4.68. The fourth-order valence-electron chi connectivity index (χ4n) is 0.675. The molecule has 0 fully saturated rings. The number of benzene rings is 1. The molecule has 0 aliphatic heterocycles. The molecule has 1 aromatic carbocycles. The lowest BCUT2D eigenvalue weighted by molar-refractivity contribution is 1.46. The van der Waals surface area contributed by atoms with Crippen LogP contribution in [0.15, 0.2) is 17.2 Å². The largest absolute Gasteiger partial charge is 0.0837 e. The molecule has 0 atom stereocenters. The normalized spacial score (nSPS) is 9.25. The van der Waals surface area contributed by atoms with E-state index >= 15 is 0 Å². The second kappa shape index (κ2) is 4.18. The third-order valence-corrected chi connectivity index (χ3v) is 2.33. The molecule has 3 nitrogen and oxygen atoms in total. The highest BCUT2D eigenvalue weighted by Crippen LogP contribution is 2.34. The number of azide groups is 1. The van der Waals surface area contributed by atoms with Crippen LogP contribution in [0.2, 0.25) is 10.0 Å². The molecule has 0 aliphatic carbocycles. The Bertz CT molecular complexity index is 337. The van der Waals surface area contributed by atoms with E-state index in [0.717, 1.165) is 3.57 Å². The fourth-order valence-corrected chi connectivity index (χ4v) is 2.23. The molecule has 0 bridgehead atoms. The van der Waals surface area contributed by atoms with Crippen LogP contribution in [0.5, 0.6) is 0 Å². The van der Waals surface area contributed by atoms with Crippen molar-refractivity contribution in [2.45, 2.75) is 0 Å². The maximum absolute atomic E-state index is 8.18. The summed E-state index contributed by atoms with van der Waals surface area (Å²) in [5, 5.41) is 4.09. The minimum Gasteiger partial charge on any atom is -0.0837 e. The Hall–Kier alpha value is -0.160. The van der Waals surface area contributed by atoms with E-state index < -0.39 is 0 Å². The number of hydrogen-bond acceptors (Lipinski definition) is 1. The maximum atomic E-state index is 8.18. The minimum atomic E-state index is 0.279. The van der Waals surface area contributed by atoms with Crippen molar-refractivity contribution >= 4 is 51.5 Å². The van der Waals surface area contributed by atoms with Gasteiger partial charge in [0, 0.05) is 8.48 Å². The molecular weight excluding hydrogens is 312 g/mol. The van der Waals surface area contributed by atoms with E-state index in [1.54, 1.807) is 12.1 Å². The highest BCUT2D eigenvalue weighted by molar-refractivity contribution is 14.1.